The van der Waals surface area contributed by atoms with Crippen molar-refractivity contribution in [1.29, 1.82) is 0 Å². The first-order chi connectivity index (χ1) is 11.9. The minimum Gasteiger partial charge on any atom is -0.452 e. The van der Waals surface area contributed by atoms with Crippen LogP contribution in [0.3, 0.4) is 0 Å². The van der Waals surface area contributed by atoms with E-state index in [0.717, 1.165) is 11.3 Å². The fraction of sp³-hybridized carbons (Fsp3) is 0.235. The lowest BCUT2D eigenvalue weighted by Gasteiger charge is -2.13. The number of nitrogens with zero attached hydrogens (tertiary/aromatic N) is 2. The van der Waals surface area contributed by atoms with E-state index in [2.05, 4.69) is 10.3 Å². The molecule has 0 saturated heterocycles. The van der Waals surface area contributed by atoms with Gasteiger partial charge in [-0.1, -0.05) is 35.3 Å². The van der Waals surface area contributed by atoms with Crippen molar-refractivity contribution >= 4 is 40.8 Å². The first kappa shape index (κ1) is 19.0. The predicted octanol–water partition coefficient (Wildman–Crippen LogP) is 2.93. The molecule has 2 rings (SSSR count). The van der Waals surface area contributed by atoms with Gasteiger partial charge >= 0.3 is 5.97 Å². The van der Waals surface area contributed by atoms with Crippen LogP contribution in [0.4, 0.5) is 5.69 Å². The Morgan fingerprint density at radius 1 is 1.20 bits per heavy atom. The number of benzene rings is 1. The SMILES string of the molecule is CN(C)c1ccc(CNC(=O)COC(=O)c2cnc(Cl)c(Cl)c2)cc1. The van der Waals surface area contributed by atoms with Crippen LogP contribution in [-0.4, -0.2) is 37.6 Å². The van der Waals surface area contributed by atoms with Gasteiger partial charge in [-0.15, -0.1) is 0 Å². The number of aromatic nitrogens is 1. The summed E-state index contributed by atoms with van der Waals surface area (Å²) in [4.78, 5) is 29.4. The number of esters is 1. The lowest BCUT2D eigenvalue weighted by Crippen LogP contribution is -2.28. The van der Waals surface area contributed by atoms with Crippen LogP contribution in [0.2, 0.25) is 10.2 Å². The third-order valence-corrected chi connectivity index (χ3v) is 3.99. The quantitative estimate of drug-likeness (QED) is 0.615. The van der Waals surface area contributed by atoms with Gasteiger partial charge in [0.05, 0.1) is 10.6 Å². The van der Waals surface area contributed by atoms with Crippen molar-refractivity contribution in [3.8, 4) is 0 Å². The van der Waals surface area contributed by atoms with Crippen LogP contribution in [0.5, 0.6) is 0 Å². The van der Waals surface area contributed by atoms with Gasteiger partial charge in [0.25, 0.3) is 5.91 Å². The second-order valence-electron chi connectivity index (χ2n) is 5.41. The van der Waals surface area contributed by atoms with E-state index >= 15 is 0 Å². The van der Waals surface area contributed by atoms with Gasteiger partial charge < -0.3 is 15.0 Å². The number of carbonyl (C=O) groups is 2. The van der Waals surface area contributed by atoms with Crippen LogP contribution in [-0.2, 0) is 16.1 Å². The highest BCUT2D eigenvalue weighted by Crippen LogP contribution is 2.20. The second-order valence-corrected chi connectivity index (χ2v) is 6.18. The first-order valence-corrected chi connectivity index (χ1v) is 8.13. The largest absolute Gasteiger partial charge is 0.452 e. The topological polar surface area (TPSA) is 71.5 Å². The zero-order valence-corrected chi connectivity index (χ0v) is 15.3. The molecule has 0 unspecified atom stereocenters. The Morgan fingerprint density at radius 2 is 1.88 bits per heavy atom. The van der Waals surface area contributed by atoms with E-state index < -0.39 is 18.5 Å². The molecule has 0 aliphatic heterocycles. The molecule has 0 atom stereocenters. The fourth-order valence-corrected chi connectivity index (χ4v) is 2.18. The van der Waals surface area contributed by atoms with Crippen molar-refractivity contribution in [3.05, 3.63) is 57.8 Å². The highest BCUT2D eigenvalue weighted by atomic mass is 35.5. The maximum Gasteiger partial charge on any atom is 0.340 e. The molecule has 1 heterocycles. The molecule has 8 heteroatoms. The van der Waals surface area contributed by atoms with Gasteiger partial charge in [-0.25, -0.2) is 9.78 Å². The van der Waals surface area contributed by atoms with E-state index in [-0.39, 0.29) is 15.7 Å². The molecular weight excluding hydrogens is 365 g/mol. The molecule has 1 N–H and O–H groups in total. The van der Waals surface area contributed by atoms with Crippen molar-refractivity contribution in [2.75, 3.05) is 25.6 Å². The smallest absolute Gasteiger partial charge is 0.340 e. The van der Waals surface area contributed by atoms with Gasteiger partial charge in [-0.3, -0.25) is 4.79 Å². The Balaban J connectivity index is 1.80. The van der Waals surface area contributed by atoms with Gasteiger partial charge in [0.2, 0.25) is 0 Å². The monoisotopic (exact) mass is 381 g/mol. The molecule has 1 amide bonds. The molecule has 0 bridgehead atoms. The molecule has 1 aromatic carbocycles. The van der Waals surface area contributed by atoms with Crippen LogP contribution >= 0.6 is 23.2 Å². The number of ether oxygens (including phenoxy) is 1. The Bertz CT molecular complexity index is 764. The van der Waals surface area contributed by atoms with E-state index in [1.807, 2.05) is 43.3 Å². The summed E-state index contributed by atoms with van der Waals surface area (Å²) in [5.41, 5.74) is 2.14. The minimum absolute atomic E-state index is 0.0937. The van der Waals surface area contributed by atoms with Crippen molar-refractivity contribution in [2.45, 2.75) is 6.54 Å². The molecule has 0 fully saturated rings. The maximum atomic E-state index is 11.8. The number of anilines is 1. The van der Waals surface area contributed by atoms with Gasteiger partial charge in [0.15, 0.2) is 6.61 Å². The third-order valence-electron chi connectivity index (χ3n) is 3.31. The summed E-state index contributed by atoms with van der Waals surface area (Å²) >= 11 is 11.5. The maximum absolute atomic E-state index is 11.8. The summed E-state index contributed by atoms with van der Waals surface area (Å²) in [6, 6.07) is 9.09. The van der Waals surface area contributed by atoms with Gasteiger partial charge in [0, 0.05) is 32.5 Å². The molecule has 0 aliphatic carbocycles. The molecule has 6 nitrogen and oxygen atoms in total. The van der Waals surface area contributed by atoms with Gasteiger partial charge in [-0.05, 0) is 23.8 Å². The van der Waals surface area contributed by atoms with E-state index in [1.165, 1.54) is 12.3 Å². The van der Waals surface area contributed by atoms with Crippen LogP contribution in [0, 0.1) is 0 Å². The Morgan fingerprint density at radius 3 is 2.48 bits per heavy atom. The molecule has 0 spiro atoms. The van der Waals surface area contributed by atoms with Crippen LogP contribution in [0.25, 0.3) is 0 Å². The molecule has 1 aromatic heterocycles. The standard InChI is InChI=1S/C17H17Cl2N3O3/c1-22(2)13-5-3-11(4-6-13)8-20-15(23)10-25-17(24)12-7-14(18)16(19)21-9-12/h3-7,9H,8,10H2,1-2H3,(H,20,23). The average molecular weight is 382 g/mol. The summed E-state index contributed by atoms with van der Waals surface area (Å²) < 4.78 is 4.92. The molecule has 0 aliphatic rings. The number of halogens is 2. The van der Waals surface area contributed by atoms with Crippen molar-refractivity contribution < 1.29 is 14.3 Å². The Labute approximate surface area is 155 Å². The number of amides is 1. The number of hydrogen-bond acceptors (Lipinski definition) is 5. The molecule has 132 valence electrons. The van der Waals surface area contributed by atoms with E-state index in [4.69, 9.17) is 27.9 Å². The van der Waals surface area contributed by atoms with E-state index in [0.29, 0.717) is 6.54 Å². The van der Waals surface area contributed by atoms with Crippen LogP contribution < -0.4 is 10.2 Å². The normalized spacial score (nSPS) is 10.2. The third kappa shape index (κ3) is 5.62. The lowest BCUT2D eigenvalue weighted by atomic mass is 10.2. The summed E-state index contributed by atoms with van der Waals surface area (Å²) in [5.74, 6) is -1.10. The lowest BCUT2D eigenvalue weighted by molar-refractivity contribution is -0.124. The van der Waals surface area contributed by atoms with Crippen LogP contribution in [0.15, 0.2) is 36.5 Å². The van der Waals surface area contributed by atoms with Gasteiger partial charge in [0.1, 0.15) is 5.15 Å². The highest BCUT2D eigenvalue weighted by Gasteiger charge is 2.12. The zero-order chi connectivity index (χ0) is 18.4. The molecule has 0 saturated carbocycles. The fourth-order valence-electron chi connectivity index (χ4n) is 1.91. The minimum atomic E-state index is -0.698. The first-order valence-electron chi connectivity index (χ1n) is 7.38. The summed E-state index contributed by atoms with van der Waals surface area (Å²) in [5, 5.41) is 2.92. The zero-order valence-electron chi connectivity index (χ0n) is 13.8. The number of pyridine rings is 1. The highest BCUT2D eigenvalue weighted by molar-refractivity contribution is 6.41. The molecule has 2 aromatic rings. The van der Waals surface area contributed by atoms with Crippen molar-refractivity contribution in [2.24, 2.45) is 0 Å². The van der Waals surface area contributed by atoms with Crippen molar-refractivity contribution in [3.63, 3.8) is 0 Å². The second kappa shape index (κ2) is 8.69. The number of carbonyl (C=O) groups excluding carboxylic acids is 2. The summed E-state index contributed by atoms with van der Waals surface area (Å²) in [6.07, 6.45) is 1.24. The van der Waals surface area contributed by atoms with E-state index in [1.54, 1.807) is 0 Å². The van der Waals surface area contributed by atoms with Crippen LogP contribution in [0.1, 0.15) is 15.9 Å². The number of hydrogen-bond donors (Lipinski definition) is 1. The molecular formula is C17H17Cl2N3O3. The van der Waals surface area contributed by atoms with Gasteiger partial charge in [-0.2, -0.15) is 0 Å². The molecule has 25 heavy (non-hydrogen) atoms. The average Bonchev–Trinajstić information content (AvgIpc) is 2.60. The van der Waals surface area contributed by atoms with Crippen molar-refractivity contribution in [1.82, 2.24) is 10.3 Å². The summed E-state index contributed by atoms with van der Waals surface area (Å²) in [6.45, 7) is -0.0483. The van der Waals surface area contributed by atoms with E-state index in [9.17, 15) is 9.59 Å². The Hall–Kier alpha value is -2.31. The molecule has 0 radical (unpaired) electrons. The summed E-state index contributed by atoms with van der Waals surface area (Å²) in [7, 11) is 3.91. The Kier molecular flexibility index (Phi) is 6.61. The predicted molar refractivity (Wildman–Crippen MR) is 97.2 cm³/mol. The number of nitrogens with one attached hydrogen (secondary N) is 1. The number of rotatable bonds is 6.